The highest BCUT2D eigenvalue weighted by molar-refractivity contribution is 7.98. The van der Waals surface area contributed by atoms with Gasteiger partial charge in [-0.25, -0.2) is 4.79 Å². The highest BCUT2D eigenvalue weighted by Gasteiger charge is 2.18. The molecule has 0 bridgehead atoms. The lowest BCUT2D eigenvalue weighted by atomic mass is 10.2. The number of thioether (sulfide) groups is 1. The van der Waals surface area contributed by atoms with Crippen molar-refractivity contribution in [2.45, 2.75) is 19.0 Å². The second-order valence-corrected chi connectivity index (χ2v) is 4.63. The number of aromatic amines is 1. The predicted octanol–water partition coefficient (Wildman–Crippen LogP) is -0.184. The number of carbonyl (C=O) groups is 2. The first kappa shape index (κ1) is 14.4. The smallest absolute Gasteiger partial charge is 0.312 e. The molecule has 5 N–H and O–H groups in total. The van der Waals surface area contributed by atoms with E-state index in [4.69, 9.17) is 5.73 Å². The number of nitrogens with two attached hydrogens (primary N) is 1. The van der Waals surface area contributed by atoms with E-state index in [9.17, 15) is 9.59 Å². The van der Waals surface area contributed by atoms with Crippen LogP contribution in [0.2, 0.25) is 0 Å². The van der Waals surface area contributed by atoms with Crippen molar-refractivity contribution >= 4 is 23.7 Å². The standard InChI is InChI=1S/C10H17N5O2S/c1-18-5-3-8(14-10(11)17)9(16)12-6-7-2-4-13-15-7/h2,4,8H,3,5-6H2,1H3,(H,12,16)(H,13,15)(H3,11,14,17). The van der Waals surface area contributed by atoms with Crippen LogP contribution in [0.4, 0.5) is 4.79 Å². The summed E-state index contributed by atoms with van der Waals surface area (Å²) in [5.74, 6) is 0.514. The van der Waals surface area contributed by atoms with Crippen LogP contribution in [-0.2, 0) is 11.3 Å². The first-order valence-corrected chi connectivity index (χ1v) is 6.83. The zero-order valence-corrected chi connectivity index (χ0v) is 10.9. The van der Waals surface area contributed by atoms with Gasteiger partial charge in [-0.2, -0.15) is 16.9 Å². The number of nitrogens with one attached hydrogen (secondary N) is 3. The van der Waals surface area contributed by atoms with E-state index < -0.39 is 12.1 Å². The number of hydrogen-bond donors (Lipinski definition) is 4. The van der Waals surface area contributed by atoms with Crippen molar-refractivity contribution in [2.75, 3.05) is 12.0 Å². The van der Waals surface area contributed by atoms with Gasteiger partial charge in [-0.3, -0.25) is 9.89 Å². The summed E-state index contributed by atoms with van der Waals surface area (Å²) in [4.78, 5) is 22.7. The Morgan fingerprint density at radius 1 is 1.61 bits per heavy atom. The molecule has 18 heavy (non-hydrogen) atoms. The van der Waals surface area contributed by atoms with Crippen molar-refractivity contribution in [1.29, 1.82) is 0 Å². The molecule has 100 valence electrons. The maximum atomic E-state index is 11.9. The van der Waals surface area contributed by atoms with E-state index >= 15 is 0 Å². The van der Waals surface area contributed by atoms with E-state index in [2.05, 4.69) is 20.8 Å². The molecule has 0 aromatic carbocycles. The van der Waals surface area contributed by atoms with Gasteiger partial charge in [-0.15, -0.1) is 0 Å². The van der Waals surface area contributed by atoms with Gasteiger partial charge in [0.2, 0.25) is 5.91 Å². The summed E-state index contributed by atoms with van der Waals surface area (Å²) in [5, 5.41) is 11.6. The molecule has 1 atom stereocenters. The SMILES string of the molecule is CSCCC(NC(N)=O)C(=O)NCc1ccn[nH]1. The van der Waals surface area contributed by atoms with Crippen LogP contribution in [-0.4, -0.2) is 40.2 Å². The molecule has 8 heteroatoms. The first-order chi connectivity index (χ1) is 8.63. The second kappa shape index (κ2) is 7.59. The van der Waals surface area contributed by atoms with Gasteiger partial charge in [-0.05, 0) is 24.5 Å². The van der Waals surface area contributed by atoms with Gasteiger partial charge in [0, 0.05) is 6.20 Å². The van der Waals surface area contributed by atoms with Gasteiger partial charge in [0.05, 0.1) is 12.2 Å². The average molecular weight is 271 g/mol. The summed E-state index contributed by atoms with van der Waals surface area (Å²) >= 11 is 1.60. The molecule has 1 rings (SSSR count). The Morgan fingerprint density at radius 3 is 2.94 bits per heavy atom. The summed E-state index contributed by atoms with van der Waals surface area (Å²) < 4.78 is 0. The molecule has 3 amide bonds. The lowest BCUT2D eigenvalue weighted by molar-refractivity contribution is -0.123. The average Bonchev–Trinajstić information content (AvgIpc) is 2.84. The van der Waals surface area contributed by atoms with E-state index in [1.54, 1.807) is 24.0 Å². The Bertz CT molecular complexity index is 382. The largest absolute Gasteiger partial charge is 0.352 e. The van der Waals surface area contributed by atoms with Crippen molar-refractivity contribution in [3.8, 4) is 0 Å². The Hall–Kier alpha value is -1.70. The zero-order valence-electron chi connectivity index (χ0n) is 10.1. The second-order valence-electron chi connectivity index (χ2n) is 3.64. The van der Waals surface area contributed by atoms with Crippen molar-refractivity contribution < 1.29 is 9.59 Å². The third kappa shape index (κ3) is 5.09. The molecule has 0 aliphatic rings. The van der Waals surface area contributed by atoms with Crippen LogP contribution in [0.25, 0.3) is 0 Å². The Morgan fingerprint density at radius 2 is 2.39 bits per heavy atom. The van der Waals surface area contributed by atoms with Gasteiger partial charge >= 0.3 is 6.03 Å². The number of amides is 3. The van der Waals surface area contributed by atoms with Crippen LogP contribution in [0, 0.1) is 0 Å². The van der Waals surface area contributed by atoms with Crippen LogP contribution in [0.3, 0.4) is 0 Å². The Kier molecular flexibility index (Phi) is 6.06. The molecular formula is C10H17N5O2S. The van der Waals surface area contributed by atoms with Crippen LogP contribution >= 0.6 is 11.8 Å². The number of primary amides is 1. The highest BCUT2D eigenvalue weighted by atomic mass is 32.2. The summed E-state index contributed by atoms with van der Waals surface area (Å²) in [6.07, 6.45) is 4.08. The fourth-order valence-electron chi connectivity index (χ4n) is 1.36. The summed E-state index contributed by atoms with van der Waals surface area (Å²) in [7, 11) is 0. The van der Waals surface area contributed by atoms with E-state index in [0.717, 1.165) is 11.4 Å². The molecule has 0 spiro atoms. The summed E-state index contributed by atoms with van der Waals surface area (Å²) in [5.41, 5.74) is 5.84. The molecule has 1 heterocycles. The lowest BCUT2D eigenvalue weighted by Crippen LogP contribution is -2.48. The van der Waals surface area contributed by atoms with Crippen molar-refractivity contribution in [2.24, 2.45) is 5.73 Å². The van der Waals surface area contributed by atoms with Crippen molar-refractivity contribution in [3.05, 3.63) is 18.0 Å². The predicted molar refractivity (Wildman–Crippen MR) is 69.9 cm³/mol. The maximum absolute atomic E-state index is 11.9. The molecule has 1 aromatic rings. The molecule has 7 nitrogen and oxygen atoms in total. The van der Waals surface area contributed by atoms with Gasteiger partial charge in [-0.1, -0.05) is 0 Å². The number of rotatable bonds is 7. The topological polar surface area (TPSA) is 113 Å². The fourth-order valence-corrected chi connectivity index (χ4v) is 1.84. The van der Waals surface area contributed by atoms with Gasteiger partial charge in [0.1, 0.15) is 6.04 Å². The van der Waals surface area contributed by atoms with Crippen LogP contribution < -0.4 is 16.4 Å². The molecule has 1 unspecified atom stereocenters. The van der Waals surface area contributed by atoms with Crippen LogP contribution in [0.5, 0.6) is 0 Å². The number of hydrogen-bond acceptors (Lipinski definition) is 4. The van der Waals surface area contributed by atoms with Crippen molar-refractivity contribution in [1.82, 2.24) is 20.8 Å². The monoisotopic (exact) mass is 271 g/mol. The minimum atomic E-state index is -0.696. The first-order valence-electron chi connectivity index (χ1n) is 5.44. The van der Waals surface area contributed by atoms with Crippen LogP contribution in [0.15, 0.2) is 12.3 Å². The fraction of sp³-hybridized carbons (Fsp3) is 0.500. The van der Waals surface area contributed by atoms with E-state index in [0.29, 0.717) is 13.0 Å². The Balaban J connectivity index is 2.44. The quantitative estimate of drug-likeness (QED) is 0.550. The lowest BCUT2D eigenvalue weighted by Gasteiger charge is -2.16. The summed E-state index contributed by atoms with van der Waals surface area (Å²) in [6.45, 7) is 0.342. The van der Waals surface area contributed by atoms with Crippen molar-refractivity contribution in [3.63, 3.8) is 0 Å². The normalized spacial score (nSPS) is 11.8. The number of H-pyrrole nitrogens is 1. The van der Waals surface area contributed by atoms with Crippen LogP contribution in [0.1, 0.15) is 12.1 Å². The highest BCUT2D eigenvalue weighted by Crippen LogP contribution is 2.01. The third-order valence-electron chi connectivity index (χ3n) is 2.26. The molecule has 1 aromatic heterocycles. The van der Waals surface area contributed by atoms with Gasteiger partial charge < -0.3 is 16.4 Å². The molecule has 0 radical (unpaired) electrons. The number of carbonyl (C=O) groups excluding carboxylic acids is 2. The van der Waals surface area contributed by atoms with Gasteiger partial charge in [0.15, 0.2) is 0 Å². The minimum absolute atomic E-state index is 0.252. The van der Waals surface area contributed by atoms with E-state index in [1.807, 2.05) is 6.26 Å². The summed E-state index contributed by atoms with van der Waals surface area (Å²) in [6, 6.07) is 0.467. The van der Waals surface area contributed by atoms with E-state index in [-0.39, 0.29) is 5.91 Å². The third-order valence-corrected chi connectivity index (χ3v) is 2.90. The maximum Gasteiger partial charge on any atom is 0.312 e. The molecule has 0 fully saturated rings. The minimum Gasteiger partial charge on any atom is -0.352 e. The molecule has 0 saturated heterocycles. The molecular weight excluding hydrogens is 254 g/mol. The van der Waals surface area contributed by atoms with Gasteiger partial charge in [0.25, 0.3) is 0 Å². The van der Waals surface area contributed by atoms with E-state index in [1.165, 1.54) is 0 Å². The zero-order chi connectivity index (χ0) is 13.4. The Labute approximate surface area is 109 Å². The molecule has 0 aliphatic carbocycles. The number of nitrogens with zero attached hydrogens (tertiary/aromatic N) is 1. The number of aromatic nitrogens is 2. The molecule has 0 aliphatic heterocycles. The molecule has 0 saturated carbocycles. The number of urea groups is 1.